The van der Waals surface area contributed by atoms with Crippen LogP contribution in [0.15, 0.2) is 53.5 Å². The molecule has 1 aliphatic rings. The summed E-state index contributed by atoms with van der Waals surface area (Å²) in [5.74, 6) is 0.653. The van der Waals surface area contributed by atoms with Gasteiger partial charge in [0.1, 0.15) is 0 Å². The number of rotatable bonds is 5. The number of nitrogens with zero attached hydrogens (tertiary/aromatic N) is 2. The topological polar surface area (TPSA) is 83.9 Å². The second kappa shape index (κ2) is 8.92. The molecule has 0 atom stereocenters. The van der Waals surface area contributed by atoms with Gasteiger partial charge in [0.15, 0.2) is 20.8 Å². The van der Waals surface area contributed by atoms with Crippen LogP contribution in [0, 0.1) is 0 Å². The summed E-state index contributed by atoms with van der Waals surface area (Å²) in [7, 11) is -3.12. The van der Waals surface area contributed by atoms with Gasteiger partial charge >= 0.3 is 0 Å². The number of Topliss-reactive ketones (excluding diaryl/α,β-unsaturated/α-hetero) is 1. The van der Waals surface area contributed by atoms with Gasteiger partial charge in [0.05, 0.1) is 11.4 Å². The van der Waals surface area contributed by atoms with Crippen molar-refractivity contribution in [3.05, 3.63) is 65.2 Å². The Kier molecular flexibility index (Phi) is 6.54. The van der Waals surface area contributed by atoms with Gasteiger partial charge in [-0.15, -0.1) is 0 Å². The molecule has 1 aliphatic heterocycles. The normalized spacial score (nSPS) is 16.1. The van der Waals surface area contributed by atoms with Gasteiger partial charge < -0.3 is 0 Å². The van der Waals surface area contributed by atoms with Crippen LogP contribution in [-0.4, -0.2) is 48.7 Å². The number of ketones is 1. The van der Waals surface area contributed by atoms with Gasteiger partial charge in [-0.1, -0.05) is 23.9 Å². The first-order chi connectivity index (χ1) is 13.7. The molecule has 2 aromatic rings. The van der Waals surface area contributed by atoms with Crippen LogP contribution in [0.2, 0.25) is 0 Å². The number of carbonyl (C=O) groups is 2. The number of aliphatic imine (C=N–C) groups is 1. The summed E-state index contributed by atoms with van der Waals surface area (Å²) in [6.07, 6.45) is 2.05. The van der Waals surface area contributed by atoms with Gasteiger partial charge in [-0.05, 0) is 55.3 Å². The van der Waals surface area contributed by atoms with Gasteiger partial charge in [0.25, 0.3) is 5.91 Å². The van der Waals surface area contributed by atoms with Gasteiger partial charge in [-0.2, -0.15) is 0 Å². The van der Waals surface area contributed by atoms with Crippen LogP contribution in [0.25, 0.3) is 0 Å². The van der Waals surface area contributed by atoms with Crippen molar-refractivity contribution < 1.29 is 18.0 Å². The third kappa shape index (κ3) is 5.77. The first-order valence-corrected chi connectivity index (χ1v) is 12.2. The third-order valence-corrected chi connectivity index (χ3v) is 6.28. The van der Waals surface area contributed by atoms with Crippen molar-refractivity contribution in [3.63, 3.8) is 0 Å². The summed E-state index contributed by atoms with van der Waals surface area (Å²) in [5.41, 5.74) is 2.44. The molecule has 1 saturated heterocycles. The Morgan fingerprint density at radius 2 is 1.66 bits per heavy atom. The van der Waals surface area contributed by atoms with Crippen molar-refractivity contribution in [1.82, 2.24) is 4.90 Å². The molecule has 0 N–H and O–H groups in total. The number of carbonyl (C=O) groups excluding carboxylic acids is 2. The van der Waals surface area contributed by atoms with Crippen LogP contribution in [0.4, 0.5) is 5.69 Å². The van der Waals surface area contributed by atoms with Crippen LogP contribution in [0.5, 0.6) is 0 Å². The maximum atomic E-state index is 13.0. The second-order valence-electron chi connectivity index (χ2n) is 6.92. The van der Waals surface area contributed by atoms with E-state index in [2.05, 4.69) is 4.99 Å². The maximum Gasteiger partial charge on any atom is 0.259 e. The lowest BCUT2D eigenvalue weighted by Crippen LogP contribution is -2.39. The summed E-state index contributed by atoms with van der Waals surface area (Å²) in [6.45, 7) is 2.08. The molecule has 1 heterocycles. The lowest BCUT2D eigenvalue weighted by atomic mass is 10.1. The number of benzene rings is 2. The number of thioether (sulfide) groups is 1. The molecule has 2 aromatic carbocycles. The molecule has 0 aromatic heterocycles. The molecule has 1 amide bonds. The summed E-state index contributed by atoms with van der Waals surface area (Å²) in [4.78, 5) is 30.7. The summed E-state index contributed by atoms with van der Waals surface area (Å²) in [6, 6.07) is 13.6. The van der Waals surface area contributed by atoms with Gasteiger partial charge in [-0.25, -0.2) is 13.4 Å². The fraction of sp³-hybridized carbons (Fsp3) is 0.286. The predicted molar refractivity (Wildman–Crippen MR) is 117 cm³/mol. The molecule has 6 nitrogen and oxygen atoms in total. The van der Waals surface area contributed by atoms with Crippen LogP contribution >= 0.6 is 11.8 Å². The lowest BCUT2D eigenvalue weighted by molar-refractivity contribution is 0.0849. The van der Waals surface area contributed by atoms with Crippen LogP contribution < -0.4 is 0 Å². The van der Waals surface area contributed by atoms with E-state index in [1.807, 2.05) is 0 Å². The molecule has 0 radical (unpaired) electrons. The van der Waals surface area contributed by atoms with Crippen molar-refractivity contribution >= 4 is 44.1 Å². The predicted octanol–water partition coefficient (Wildman–Crippen LogP) is 3.70. The quantitative estimate of drug-likeness (QED) is 0.676. The molecule has 0 unspecified atom stereocenters. The number of sulfone groups is 1. The molecular formula is C21H22N2O4S2. The lowest BCUT2D eigenvalue weighted by Gasteiger charge is -2.28. The van der Waals surface area contributed by atoms with Gasteiger partial charge in [0, 0.05) is 29.7 Å². The minimum absolute atomic E-state index is 0.00707. The molecule has 29 heavy (non-hydrogen) atoms. The summed E-state index contributed by atoms with van der Waals surface area (Å²) in [5, 5.41) is 0.622. The van der Waals surface area contributed by atoms with Crippen molar-refractivity contribution in [2.75, 3.05) is 18.6 Å². The van der Waals surface area contributed by atoms with E-state index >= 15 is 0 Å². The monoisotopic (exact) mass is 430 g/mol. The summed E-state index contributed by atoms with van der Waals surface area (Å²) < 4.78 is 22.9. The van der Waals surface area contributed by atoms with Crippen LogP contribution in [0.3, 0.4) is 0 Å². The molecular weight excluding hydrogens is 408 g/mol. The third-order valence-electron chi connectivity index (χ3n) is 4.36. The Labute approximate surface area is 174 Å². The Hall–Kier alpha value is -2.45. The second-order valence-corrected chi connectivity index (χ2v) is 10.1. The zero-order valence-corrected chi connectivity index (χ0v) is 17.9. The Balaban J connectivity index is 1.81. The van der Waals surface area contributed by atoms with Gasteiger partial charge in [-0.3, -0.25) is 14.5 Å². The number of amides is 1. The maximum absolute atomic E-state index is 13.0. The highest BCUT2D eigenvalue weighted by atomic mass is 32.2. The van der Waals surface area contributed by atoms with E-state index in [0.717, 1.165) is 12.2 Å². The molecule has 0 bridgehead atoms. The number of amidine groups is 1. The molecule has 3 rings (SSSR count). The standard InChI is InChI=1S/C21H22N2O4S2/c1-15(24)17-8-10-19(11-9-17)22-21-23(12-3-13-28-21)20(25)18-6-4-16(5-7-18)14-29(2,26)27/h4-11H,3,12-14H2,1-2H3. The zero-order chi connectivity index (χ0) is 21.0. The van der Waals surface area contributed by atoms with Crippen molar-refractivity contribution in [3.8, 4) is 0 Å². The molecule has 0 saturated carbocycles. The minimum Gasteiger partial charge on any atom is -0.295 e. The fourth-order valence-corrected chi connectivity index (χ4v) is 4.68. The first kappa shape index (κ1) is 21.3. The van der Waals surface area contributed by atoms with E-state index in [4.69, 9.17) is 0 Å². The summed E-state index contributed by atoms with van der Waals surface area (Å²) >= 11 is 1.52. The molecule has 0 spiro atoms. The minimum atomic E-state index is -3.12. The molecule has 0 aliphatic carbocycles. The molecule has 1 fully saturated rings. The first-order valence-electron chi connectivity index (χ1n) is 9.14. The van der Waals surface area contributed by atoms with Crippen LogP contribution in [0.1, 0.15) is 39.6 Å². The fourth-order valence-electron chi connectivity index (χ4n) is 2.92. The Morgan fingerprint density at radius 1 is 1.03 bits per heavy atom. The van der Waals surface area contributed by atoms with E-state index in [1.54, 1.807) is 53.4 Å². The van der Waals surface area contributed by atoms with E-state index in [0.29, 0.717) is 34.1 Å². The van der Waals surface area contributed by atoms with E-state index in [9.17, 15) is 18.0 Å². The number of hydrogen-bond acceptors (Lipinski definition) is 6. The highest BCUT2D eigenvalue weighted by Crippen LogP contribution is 2.24. The highest BCUT2D eigenvalue weighted by molar-refractivity contribution is 8.13. The van der Waals surface area contributed by atoms with Crippen molar-refractivity contribution in [1.29, 1.82) is 0 Å². The molecule has 8 heteroatoms. The average Bonchev–Trinajstić information content (AvgIpc) is 2.68. The van der Waals surface area contributed by atoms with Gasteiger partial charge in [0.2, 0.25) is 0 Å². The van der Waals surface area contributed by atoms with E-state index in [-0.39, 0.29) is 17.4 Å². The van der Waals surface area contributed by atoms with Crippen molar-refractivity contribution in [2.45, 2.75) is 19.1 Å². The van der Waals surface area contributed by atoms with Crippen molar-refractivity contribution in [2.24, 2.45) is 4.99 Å². The SMILES string of the molecule is CC(=O)c1ccc(N=C2SCCCN2C(=O)c2ccc(CS(C)(=O)=O)cc2)cc1. The smallest absolute Gasteiger partial charge is 0.259 e. The Bertz CT molecular complexity index is 1040. The van der Waals surface area contributed by atoms with Crippen LogP contribution in [-0.2, 0) is 15.6 Å². The average molecular weight is 431 g/mol. The Morgan fingerprint density at radius 3 is 2.24 bits per heavy atom. The number of hydrogen-bond donors (Lipinski definition) is 0. The van der Waals surface area contributed by atoms with E-state index in [1.165, 1.54) is 24.9 Å². The zero-order valence-electron chi connectivity index (χ0n) is 16.3. The highest BCUT2D eigenvalue weighted by Gasteiger charge is 2.25. The largest absolute Gasteiger partial charge is 0.295 e. The molecule has 152 valence electrons. The van der Waals surface area contributed by atoms with E-state index < -0.39 is 9.84 Å².